The van der Waals surface area contributed by atoms with E-state index in [0.717, 1.165) is 24.0 Å². The molecule has 7 heteroatoms. The van der Waals surface area contributed by atoms with Crippen LogP contribution in [0.4, 0.5) is 5.69 Å². The van der Waals surface area contributed by atoms with E-state index < -0.39 is 17.9 Å². The molecule has 2 aromatic carbocycles. The topological polar surface area (TPSA) is 87.7 Å². The lowest BCUT2D eigenvalue weighted by Crippen LogP contribution is -2.47. The van der Waals surface area contributed by atoms with Gasteiger partial charge in [0.2, 0.25) is 5.91 Å². The third-order valence-electron chi connectivity index (χ3n) is 5.29. The summed E-state index contributed by atoms with van der Waals surface area (Å²) >= 11 is 0. The van der Waals surface area contributed by atoms with Crippen molar-refractivity contribution in [2.45, 2.75) is 39.7 Å². The third kappa shape index (κ3) is 4.79. The van der Waals surface area contributed by atoms with Crippen molar-refractivity contribution in [3.63, 3.8) is 0 Å². The highest BCUT2D eigenvalue weighted by atomic mass is 16.5. The molecule has 0 bridgehead atoms. The normalized spacial score (nSPS) is 13.9. The number of carbonyl (C=O) groups excluding carboxylic acids is 3. The fraction of sp³-hybridized carbons (Fsp3) is 0.348. The SMILES string of the molecule is Cc1cccc(OC(C)C(=O)NNC(=O)c2ccccc2N(C)C(=O)C2CC2)c1C. The molecule has 1 unspecified atom stereocenters. The van der Waals surface area contributed by atoms with Crippen molar-refractivity contribution in [3.8, 4) is 5.75 Å². The first kappa shape index (κ1) is 21.4. The lowest BCUT2D eigenvalue weighted by molar-refractivity contribution is -0.128. The first-order chi connectivity index (χ1) is 14.3. The summed E-state index contributed by atoms with van der Waals surface area (Å²) in [5.74, 6) is -0.337. The standard InChI is InChI=1S/C23H27N3O4/c1-14-8-7-11-20(15(14)2)30-16(3)21(27)24-25-22(28)18-9-5-6-10-19(18)26(4)23(29)17-12-13-17/h5-11,16-17H,12-13H2,1-4H3,(H,24,27)(H,25,28). The van der Waals surface area contributed by atoms with Crippen LogP contribution in [0.3, 0.4) is 0 Å². The summed E-state index contributed by atoms with van der Waals surface area (Å²) in [5.41, 5.74) is 7.64. The highest BCUT2D eigenvalue weighted by Gasteiger charge is 2.33. The van der Waals surface area contributed by atoms with Gasteiger partial charge in [0.05, 0.1) is 11.3 Å². The Balaban J connectivity index is 1.62. The molecule has 3 rings (SSSR count). The molecular weight excluding hydrogens is 382 g/mol. The lowest BCUT2D eigenvalue weighted by atomic mass is 10.1. The first-order valence-electron chi connectivity index (χ1n) is 9.99. The summed E-state index contributed by atoms with van der Waals surface area (Å²) in [5, 5.41) is 0. The number of benzene rings is 2. The molecule has 3 amide bonds. The number of hydrogen-bond donors (Lipinski definition) is 2. The van der Waals surface area contributed by atoms with E-state index in [-0.39, 0.29) is 11.8 Å². The van der Waals surface area contributed by atoms with Crippen molar-refractivity contribution in [1.82, 2.24) is 10.9 Å². The number of ether oxygens (including phenoxy) is 1. The Morgan fingerprint density at radius 1 is 1.03 bits per heavy atom. The lowest BCUT2D eigenvalue weighted by Gasteiger charge is -2.21. The van der Waals surface area contributed by atoms with Gasteiger partial charge in [-0.1, -0.05) is 24.3 Å². The number of amides is 3. The second-order valence-electron chi connectivity index (χ2n) is 7.59. The van der Waals surface area contributed by atoms with Gasteiger partial charge in [0.15, 0.2) is 6.10 Å². The van der Waals surface area contributed by atoms with E-state index in [2.05, 4.69) is 10.9 Å². The van der Waals surface area contributed by atoms with E-state index in [1.165, 1.54) is 4.90 Å². The molecule has 158 valence electrons. The Kier molecular flexibility index (Phi) is 6.40. The molecule has 0 aromatic heterocycles. The summed E-state index contributed by atoms with van der Waals surface area (Å²) in [6.45, 7) is 5.50. The van der Waals surface area contributed by atoms with Gasteiger partial charge in [-0.15, -0.1) is 0 Å². The average Bonchev–Trinajstić information content (AvgIpc) is 3.59. The molecule has 0 radical (unpaired) electrons. The van der Waals surface area contributed by atoms with E-state index in [0.29, 0.717) is 17.0 Å². The molecule has 1 atom stereocenters. The molecule has 0 aliphatic heterocycles. The minimum Gasteiger partial charge on any atom is -0.481 e. The molecule has 30 heavy (non-hydrogen) atoms. The van der Waals surface area contributed by atoms with E-state index in [4.69, 9.17) is 4.74 Å². The predicted molar refractivity (Wildman–Crippen MR) is 114 cm³/mol. The molecule has 0 spiro atoms. The Labute approximate surface area is 176 Å². The molecular formula is C23H27N3O4. The Morgan fingerprint density at radius 2 is 1.73 bits per heavy atom. The van der Waals surface area contributed by atoms with Gasteiger partial charge in [-0.05, 0) is 62.9 Å². The zero-order chi connectivity index (χ0) is 21.8. The molecule has 1 saturated carbocycles. The number of hydrazine groups is 1. The summed E-state index contributed by atoms with van der Waals surface area (Å²) in [4.78, 5) is 38.9. The summed E-state index contributed by atoms with van der Waals surface area (Å²) in [6.07, 6.45) is 0.956. The number of carbonyl (C=O) groups is 3. The van der Waals surface area contributed by atoms with Gasteiger partial charge < -0.3 is 9.64 Å². The molecule has 1 aliphatic carbocycles. The van der Waals surface area contributed by atoms with Crippen molar-refractivity contribution in [2.24, 2.45) is 5.92 Å². The van der Waals surface area contributed by atoms with Gasteiger partial charge in [-0.2, -0.15) is 0 Å². The van der Waals surface area contributed by atoms with E-state index in [1.807, 2.05) is 26.0 Å². The van der Waals surface area contributed by atoms with Crippen LogP contribution in [0.25, 0.3) is 0 Å². The molecule has 2 aromatic rings. The second kappa shape index (κ2) is 8.98. The molecule has 1 aliphatic rings. The van der Waals surface area contributed by atoms with Crippen molar-refractivity contribution >= 4 is 23.4 Å². The third-order valence-corrected chi connectivity index (χ3v) is 5.29. The number of anilines is 1. The second-order valence-corrected chi connectivity index (χ2v) is 7.59. The van der Waals surface area contributed by atoms with Gasteiger partial charge in [0.25, 0.3) is 11.8 Å². The number of nitrogens with zero attached hydrogens (tertiary/aromatic N) is 1. The molecule has 2 N–H and O–H groups in total. The Morgan fingerprint density at radius 3 is 2.43 bits per heavy atom. The quantitative estimate of drug-likeness (QED) is 0.718. The summed E-state index contributed by atoms with van der Waals surface area (Å²) in [6, 6.07) is 12.4. The van der Waals surface area contributed by atoms with Crippen LogP contribution in [0.2, 0.25) is 0 Å². The van der Waals surface area contributed by atoms with Crippen LogP contribution >= 0.6 is 0 Å². The van der Waals surface area contributed by atoms with Crippen molar-refractivity contribution in [1.29, 1.82) is 0 Å². The van der Waals surface area contributed by atoms with Crippen molar-refractivity contribution in [3.05, 3.63) is 59.2 Å². The van der Waals surface area contributed by atoms with Crippen LogP contribution in [0.15, 0.2) is 42.5 Å². The fourth-order valence-electron chi connectivity index (χ4n) is 3.06. The van der Waals surface area contributed by atoms with E-state index in [1.54, 1.807) is 44.3 Å². The van der Waals surface area contributed by atoms with Crippen LogP contribution in [0, 0.1) is 19.8 Å². The number of nitrogens with one attached hydrogen (secondary N) is 2. The van der Waals surface area contributed by atoms with Gasteiger partial charge in [-0.3, -0.25) is 25.2 Å². The maximum atomic E-state index is 12.7. The van der Waals surface area contributed by atoms with Crippen LogP contribution < -0.4 is 20.5 Å². The largest absolute Gasteiger partial charge is 0.481 e. The average molecular weight is 409 g/mol. The maximum Gasteiger partial charge on any atom is 0.279 e. The number of aryl methyl sites for hydroxylation is 1. The minimum atomic E-state index is -0.805. The van der Waals surface area contributed by atoms with Gasteiger partial charge in [-0.25, -0.2) is 0 Å². The summed E-state index contributed by atoms with van der Waals surface area (Å²) < 4.78 is 5.74. The monoisotopic (exact) mass is 409 g/mol. The van der Waals surface area contributed by atoms with Gasteiger partial charge in [0, 0.05) is 13.0 Å². The Bertz CT molecular complexity index is 969. The molecule has 0 saturated heterocycles. The highest BCUT2D eigenvalue weighted by Crippen LogP contribution is 2.33. The zero-order valence-electron chi connectivity index (χ0n) is 17.7. The van der Waals surface area contributed by atoms with Crippen LogP contribution in [-0.2, 0) is 9.59 Å². The zero-order valence-corrected chi connectivity index (χ0v) is 17.7. The van der Waals surface area contributed by atoms with E-state index in [9.17, 15) is 14.4 Å². The fourth-order valence-corrected chi connectivity index (χ4v) is 3.06. The van der Waals surface area contributed by atoms with Crippen molar-refractivity contribution in [2.75, 3.05) is 11.9 Å². The predicted octanol–water partition coefficient (Wildman–Crippen LogP) is 2.90. The maximum absolute atomic E-state index is 12.7. The Hall–Kier alpha value is -3.35. The minimum absolute atomic E-state index is 0.00479. The first-order valence-corrected chi connectivity index (χ1v) is 9.99. The highest BCUT2D eigenvalue weighted by molar-refractivity contribution is 6.05. The van der Waals surface area contributed by atoms with Crippen molar-refractivity contribution < 1.29 is 19.1 Å². The van der Waals surface area contributed by atoms with Gasteiger partial charge >= 0.3 is 0 Å². The number of rotatable bonds is 6. The van der Waals surface area contributed by atoms with Crippen LogP contribution in [0.1, 0.15) is 41.3 Å². The summed E-state index contributed by atoms with van der Waals surface area (Å²) in [7, 11) is 1.66. The van der Waals surface area contributed by atoms with E-state index >= 15 is 0 Å². The van der Waals surface area contributed by atoms with Crippen LogP contribution in [0.5, 0.6) is 5.75 Å². The van der Waals surface area contributed by atoms with Gasteiger partial charge in [0.1, 0.15) is 5.75 Å². The smallest absolute Gasteiger partial charge is 0.279 e. The number of hydrogen-bond acceptors (Lipinski definition) is 4. The molecule has 1 fully saturated rings. The number of para-hydroxylation sites is 1. The molecule has 7 nitrogen and oxygen atoms in total. The van der Waals surface area contributed by atoms with Crippen LogP contribution in [-0.4, -0.2) is 30.9 Å². The molecule has 0 heterocycles.